The molecule has 0 bridgehead atoms. The smallest absolute Gasteiger partial charge is 0.229 e. The fraction of sp³-hybridized carbons (Fsp3) is 0.407. The first-order valence-electron chi connectivity index (χ1n) is 12.6. The van der Waals surface area contributed by atoms with Crippen molar-refractivity contribution in [3.63, 3.8) is 0 Å². The number of nitrogens with one attached hydrogen (secondary N) is 2. The lowest BCUT2D eigenvalue weighted by Gasteiger charge is -2.19. The summed E-state index contributed by atoms with van der Waals surface area (Å²) in [7, 11) is -1.49. The second kappa shape index (κ2) is 11.4. The molecule has 3 N–H and O–H groups in total. The molecule has 0 saturated carbocycles. The zero-order valence-electron chi connectivity index (χ0n) is 22.3. The van der Waals surface area contributed by atoms with Crippen molar-refractivity contribution in [3.05, 3.63) is 48.7 Å². The molecule has 0 spiro atoms. The maximum absolute atomic E-state index is 12.8. The number of nitrogens with zero attached hydrogens (tertiary/aromatic N) is 3. The van der Waals surface area contributed by atoms with Crippen LogP contribution < -0.4 is 20.1 Å². The number of anilines is 4. The van der Waals surface area contributed by atoms with Gasteiger partial charge >= 0.3 is 0 Å². The molecular formula is C27H35N5O5S. The lowest BCUT2D eigenvalue weighted by molar-refractivity contribution is 0.204. The predicted molar refractivity (Wildman–Crippen MR) is 148 cm³/mol. The summed E-state index contributed by atoms with van der Waals surface area (Å²) in [5, 5.41) is 15.9. The molecule has 1 aliphatic heterocycles. The van der Waals surface area contributed by atoms with Crippen LogP contribution >= 0.6 is 0 Å². The Labute approximate surface area is 223 Å². The van der Waals surface area contributed by atoms with E-state index in [-0.39, 0.29) is 34.6 Å². The fourth-order valence-corrected chi connectivity index (χ4v) is 5.26. The van der Waals surface area contributed by atoms with Gasteiger partial charge in [0.15, 0.2) is 21.4 Å². The maximum Gasteiger partial charge on any atom is 0.229 e. The summed E-state index contributed by atoms with van der Waals surface area (Å²) in [4.78, 5) is 10.9. The van der Waals surface area contributed by atoms with Gasteiger partial charge in [-0.15, -0.1) is 0 Å². The minimum absolute atomic E-state index is 0.0607. The van der Waals surface area contributed by atoms with Gasteiger partial charge in [0.2, 0.25) is 5.95 Å². The summed E-state index contributed by atoms with van der Waals surface area (Å²) in [6.07, 6.45) is 2.26. The van der Waals surface area contributed by atoms with E-state index >= 15 is 0 Å². The van der Waals surface area contributed by atoms with Crippen molar-refractivity contribution >= 4 is 33.0 Å². The number of aromatic nitrogens is 2. The van der Waals surface area contributed by atoms with Crippen LogP contribution in [0.3, 0.4) is 0 Å². The van der Waals surface area contributed by atoms with Gasteiger partial charge < -0.3 is 30.1 Å². The van der Waals surface area contributed by atoms with Crippen molar-refractivity contribution in [1.82, 2.24) is 14.9 Å². The zero-order chi connectivity index (χ0) is 27.4. The van der Waals surface area contributed by atoms with E-state index in [4.69, 9.17) is 9.47 Å². The quantitative estimate of drug-likeness (QED) is 0.332. The Bertz CT molecular complexity index is 1380. The topological polar surface area (TPSA) is 126 Å². The Balaban J connectivity index is 1.59. The highest BCUT2D eigenvalue weighted by atomic mass is 32.2. The Morgan fingerprint density at radius 1 is 1.08 bits per heavy atom. The molecule has 1 fully saturated rings. The van der Waals surface area contributed by atoms with E-state index in [1.54, 1.807) is 32.0 Å². The normalized spacial score (nSPS) is 16.1. The molecule has 38 heavy (non-hydrogen) atoms. The Kier molecular flexibility index (Phi) is 8.27. The summed E-state index contributed by atoms with van der Waals surface area (Å²) in [5.74, 6) is 1.31. The van der Waals surface area contributed by atoms with E-state index in [1.165, 1.54) is 12.3 Å². The minimum Gasteiger partial charge on any atom is -0.503 e. The van der Waals surface area contributed by atoms with Crippen LogP contribution in [0.15, 0.2) is 53.6 Å². The van der Waals surface area contributed by atoms with Gasteiger partial charge in [0.05, 0.1) is 33.8 Å². The average molecular weight is 542 g/mol. The van der Waals surface area contributed by atoms with Crippen LogP contribution in [0, 0.1) is 0 Å². The molecule has 1 atom stereocenters. The van der Waals surface area contributed by atoms with Gasteiger partial charge in [0.25, 0.3) is 0 Å². The molecule has 4 rings (SSSR count). The van der Waals surface area contributed by atoms with Crippen LogP contribution in [0.25, 0.3) is 0 Å². The van der Waals surface area contributed by atoms with Crippen molar-refractivity contribution in [2.45, 2.75) is 56.5 Å². The number of para-hydroxylation sites is 1. The highest BCUT2D eigenvalue weighted by molar-refractivity contribution is 7.92. The molecule has 2 heterocycles. The molecule has 3 aromatic rings. The molecule has 11 heteroatoms. The van der Waals surface area contributed by atoms with Gasteiger partial charge in [-0.1, -0.05) is 12.1 Å². The summed E-state index contributed by atoms with van der Waals surface area (Å²) in [6.45, 7) is 8.99. The first-order chi connectivity index (χ1) is 18.0. The van der Waals surface area contributed by atoms with Crippen LogP contribution in [0.5, 0.6) is 17.2 Å². The fourth-order valence-electron chi connectivity index (χ4n) is 4.06. The number of likely N-dealkylation sites (tertiary alicyclic amines) is 1. The second-order valence-electron chi connectivity index (χ2n) is 9.88. The van der Waals surface area contributed by atoms with Gasteiger partial charge in [-0.05, 0) is 65.4 Å². The number of ether oxygens (including phenoxy) is 2. The number of aromatic hydroxyl groups is 1. The van der Waals surface area contributed by atoms with Crippen LogP contribution in [0.2, 0.25) is 0 Å². The predicted octanol–water partition coefficient (Wildman–Crippen LogP) is 4.72. The van der Waals surface area contributed by atoms with Crippen molar-refractivity contribution in [1.29, 1.82) is 0 Å². The molecule has 0 amide bonds. The third-order valence-corrected chi connectivity index (χ3v) is 8.26. The largest absolute Gasteiger partial charge is 0.503 e. The summed E-state index contributed by atoms with van der Waals surface area (Å²) in [6, 6.07) is 12.0. The van der Waals surface area contributed by atoms with Crippen molar-refractivity contribution in [2.24, 2.45) is 0 Å². The number of sulfone groups is 1. The zero-order valence-corrected chi connectivity index (χ0v) is 23.1. The lowest BCUT2D eigenvalue weighted by Crippen LogP contribution is -2.21. The third kappa shape index (κ3) is 6.46. The van der Waals surface area contributed by atoms with Gasteiger partial charge in [-0.2, -0.15) is 4.98 Å². The monoisotopic (exact) mass is 541 g/mol. The van der Waals surface area contributed by atoms with Crippen molar-refractivity contribution in [3.8, 4) is 17.2 Å². The summed E-state index contributed by atoms with van der Waals surface area (Å²) < 4.78 is 37.9. The summed E-state index contributed by atoms with van der Waals surface area (Å²) >= 11 is 0. The maximum atomic E-state index is 12.8. The summed E-state index contributed by atoms with van der Waals surface area (Å²) in [5.41, 5.74) is 0.929. The third-order valence-electron chi connectivity index (χ3n) is 6.05. The van der Waals surface area contributed by atoms with Crippen molar-refractivity contribution < 1.29 is 23.0 Å². The standard InChI is InChI=1S/C27H35N5O5S/c1-17(2)36-24-14-19(37-20-12-13-32(5)16-20)10-11-21(24)30-27-28-15-23(33)26(31-27)29-22-8-6-7-9-25(22)38(34,35)18(3)4/h6-11,14-15,17-18,20,33H,12-13,16H2,1-5H3,(H2,28,29,30,31). The van der Waals surface area contributed by atoms with E-state index in [0.29, 0.717) is 22.9 Å². The van der Waals surface area contributed by atoms with Crippen LogP contribution in [0.1, 0.15) is 34.1 Å². The average Bonchev–Trinajstić information content (AvgIpc) is 3.27. The number of likely N-dealkylation sites (N-methyl/N-ethyl adjacent to an activating group) is 1. The number of benzene rings is 2. The van der Waals surface area contributed by atoms with E-state index in [9.17, 15) is 13.5 Å². The first-order valence-corrected chi connectivity index (χ1v) is 14.2. The molecule has 204 valence electrons. The molecule has 1 unspecified atom stereocenters. The lowest BCUT2D eigenvalue weighted by atomic mass is 10.2. The second-order valence-corrected chi connectivity index (χ2v) is 12.4. The van der Waals surface area contributed by atoms with Crippen LogP contribution in [-0.2, 0) is 9.84 Å². The number of rotatable bonds is 10. The van der Waals surface area contributed by atoms with Gasteiger partial charge in [-0.25, -0.2) is 13.4 Å². The Morgan fingerprint density at radius 3 is 2.53 bits per heavy atom. The van der Waals surface area contributed by atoms with Crippen molar-refractivity contribution in [2.75, 3.05) is 30.8 Å². The van der Waals surface area contributed by atoms with Crippen LogP contribution in [-0.4, -0.2) is 66.0 Å². The van der Waals surface area contributed by atoms with E-state index in [2.05, 4.69) is 32.5 Å². The molecule has 10 nitrogen and oxygen atoms in total. The molecule has 1 saturated heterocycles. The van der Waals surface area contributed by atoms with E-state index < -0.39 is 15.1 Å². The van der Waals surface area contributed by atoms with E-state index in [0.717, 1.165) is 19.5 Å². The highest BCUT2D eigenvalue weighted by Gasteiger charge is 2.24. The SMILES string of the molecule is CC(C)Oc1cc(OC2CCN(C)C2)ccc1Nc1ncc(O)c(Nc2ccccc2S(=O)(=O)C(C)C)n1. The number of hydrogen-bond acceptors (Lipinski definition) is 10. The molecular weight excluding hydrogens is 506 g/mol. The molecule has 0 radical (unpaired) electrons. The molecule has 1 aliphatic rings. The first kappa shape index (κ1) is 27.5. The van der Waals surface area contributed by atoms with Gasteiger partial charge in [0.1, 0.15) is 17.6 Å². The van der Waals surface area contributed by atoms with Gasteiger partial charge in [0, 0.05) is 19.2 Å². The van der Waals surface area contributed by atoms with E-state index in [1.807, 2.05) is 32.0 Å². The molecule has 1 aromatic heterocycles. The highest BCUT2D eigenvalue weighted by Crippen LogP contribution is 2.35. The number of hydrogen-bond donors (Lipinski definition) is 3. The Hall–Kier alpha value is -3.57. The van der Waals surface area contributed by atoms with Gasteiger partial charge in [-0.3, -0.25) is 0 Å². The van der Waals surface area contributed by atoms with Crippen LogP contribution in [0.4, 0.5) is 23.1 Å². The molecule has 0 aliphatic carbocycles. The minimum atomic E-state index is -3.57. The molecule has 2 aromatic carbocycles. The Morgan fingerprint density at radius 2 is 1.84 bits per heavy atom.